The maximum absolute atomic E-state index is 11.3. The first-order valence-corrected chi connectivity index (χ1v) is 7.01. The third-order valence-corrected chi connectivity index (χ3v) is 3.71. The van der Waals surface area contributed by atoms with E-state index in [1.807, 2.05) is 31.2 Å². The van der Waals surface area contributed by atoms with Crippen LogP contribution in [0.25, 0.3) is 11.4 Å². The summed E-state index contributed by atoms with van der Waals surface area (Å²) in [6.07, 6.45) is 4.81. The molecule has 0 bridgehead atoms. The number of ketones is 1. The predicted octanol–water partition coefficient (Wildman–Crippen LogP) is 3.07. The van der Waals surface area contributed by atoms with E-state index < -0.39 is 0 Å². The molecule has 20 heavy (non-hydrogen) atoms. The van der Waals surface area contributed by atoms with Crippen molar-refractivity contribution in [2.45, 2.75) is 38.5 Å². The molecule has 0 aliphatic heterocycles. The number of carbonyl (C=O) groups excluding carboxylic acids is 1. The van der Waals surface area contributed by atoms with Gasteiger partial charge in [0.25, 0.3) is 0 Å². The summed E-state index contributed by atoms with van der Waals surface area (Å²) in [4.78, 5) is 24.9. The Kier molecular flexibility index (Phi) is 3.54. The average molecular weight is 267 g/mol. The molecular weight excluding hydrogens is 250 g/mol. The first-order chi connectivity index (χ1) is 9.72. The Morgan fingerprint density at radius 2 is 1.90 bits per heavy atom. The van der Waals surface area contributed by atoms with Gasteiger partial charge in [-0.2, -0.15) is 0 Å². The lowest BCUT2D eigenvalue weighted by Crippen LogP contribution is -2.15. The van der Waals surface area contributed by atoms with E-state index in [1.54, 1.807) is 6.20 Å². The molecule has 0 unspecified atom stereocenters. The number of aryl methyl sites for hydroxylation is 1. The molecule has 2 aromatic heterocycles. The van der Waals surface area contributed by atoms with Gasteiger partial charge in [-0.1, -0.05) is 6.07 Å². The monoisotopic (exact) mass is 267 g/mol. The maximum Gasteiger partial charge on any atom is 0.132 e. The third kappa shape index (κ3) is 2.74. The highest BCUT2D eigenvalue weighted by atomic mass is 16.1. The van der Waals surface area contributed by atoms with Gasteiger partial charge in [0, 0.05) is 30.7 Å². The smallest absolute Gasteiger partial charge is 0.132 e. The Balaban J connectivity index is 1.93. The number of Topliss-reactive ketones (excluding diaryl/α,β-unsaturated/α-hetero) is 1. The van der Waals surface area contributed by atoms with Crippen LogP contribution in [0, 0.1) is 6.92 Å². The number of rotatable bonds is 2. The molecule has 0 amide bonds. The zero-order valence-electron chi connectivity index (χ0n) is 11.5. The summed E-state index contributed by atoms with van der Waals surface area (Å²) in [5.74, 6) is 1.52. The van der Waals surface area contributed by atoms with Crippen LogP contribution in [0.1, 0.15) is 43.1 Å². The van der Waals surface area contributed by atoms with Gasteiger partial charge in [0.05, 0.1) is 11.4 Å². The molecule has 1 aliphatic carbocycles. The van der Waals surface area contributed by atoms with Crippen LogP contribution in [0.2, 0.25) is 0 Å². The van der Waals surface area contributed by atoms with Gasteiger partial charge in [0.2, 0.25) is 0 Å². The molecule has 1 fully saturated rings. The molecule has 0 atom stereocenters. The number of carbonyl (C=O) groups is 1. The Morgan fingerprint density at radius 3 is 2.60 bits per heavy atom. The Hall–Kier alpha value is -2.10. The van der Waals surface area contributed by atoms with Gasteiger partial charge in [-0.25, -0.2) is 9.97 Å². The molecule has 1 aliphatic rings. The molecule has 102 valence electrons. The van der Waals surface area contributed by atoms with Gasteiger partial charge in [-0.05, 0) is 38.0 Å². The Morgan fingerprint density at radius 1 is 1.10 bits per heavy atom. The van der Waals surface area contributed by atoms with Crippen LogP contribution in [-0.4, -0.2) is 20.7 Å². The highest BCUT2D eigenvalue weighted by molar-refractivity contribution is 5.79. The number of aromatic nitrogens is 3. The predicted molar refractivity (Wildman–Crippen MR) is 76.2 cm³/mol. The second kappa shape index (κ2) is 5.49. The van der Waals surface area contributed by atoms with Crippen molar-refractivity contribution in [1.82, 2.24) is 15.0 Å². The normalized spacial score (nSPS) is 16.4. The summed E-state index contributed by atoms with van der Waals surface area (Å²) < 4.78 is 0. The van der Waals surface area contributed by atoms with Gasteiger partial charge in [-0.3, -0.25) is 9.78 Å². The first-order valence-electron chi connectivity index (χ1n) is 7.01. The maximum atomic E-state index is 11.3. The Bertz CT molecular complexity index is 615. The molecule has 2 heterocycles. The number of nitrogens with zero attached hydrogens (tertiary/aromatic N) is 3. The number of pyridine rings is 1. The topological polar surface area (TPSA) is 55.7 Å². The van der Waals surface area contributed by atoms with Crippen molar-refractivity contribution in [2.75, 3.05) is 0 Å². The van der Waals surface area contributed by atoms with E-state index in [2.05, 4.69) is 15.0 Å². The van der Waals surface area contributed by atoms with Crippen LogP contribution >= 0.6 is 0 Å². The fourth-order valence-electron chi connectivity index (χ4n) is 2.62. The van der Waals surface area contributed by atoms with Gasteiger partial charge >= 0.3 is 0 Å². The zero-order chi connectivity index (χ0) is 13.9. The van der Waals surface area contributed by atoms with Crippen molar-refractivity contribution in [2.24, 2.45) is 0 Å². The molecule has 4 heteroatoms. The van der Waals surface area contributed by atoms with E-state index in [4.69, 9.17) is 0 Å². The third-order valence-electron chi connectivity index (χ3n) is 3.71. The summed E-state index contributed by atoms with van der Waals surface area (Å²) >= 11 is 0. The lowest BCUT2D eigenvalue weighted by atomic mass is 9.88. The zero-order valence-corrected chi connectivity index (χ0v) is 11.5. The van der Waals surface area contributed by atoms with Crippen LogP contribution in [-0.2, 0) is 4.79 Å². The quantitative estimate of drug-likeness (QED) is 0.839. The lowest BCUT2D eigenvalue weighted by molar-refractivity contribution is -0.120. The molecular formula is C16H17N3O. The highest BCUT2D eigenvalue weighted by Crippen LogP contribution is 2.30. The molecule has 0 radical (unpaired) electrons. The number of hydrogen-bond donors (Lipinski definition) is 0. The molecule has 0 saturated heterocycles. The summed E-state index contributed by atoms with van der Waals surface area (Å²) in [5, 5.41) is 0. The lowest BCUT2D eigenvalue weighted by Gasteiger charge is -2.20. The summed E-state index contributed by atoms with van der Waals surface area (Å²) in [7, 11) is 0. The van der Waals surface area contributed by atoms with Crippen LogP contribution < -0.4 is 0 Å². The highest BCUT2D eigenvalue weighted by Gasteiger charge is 2.23. The Labute approximate surface area is 118 Å². The second-order valence-corrected chi connectivity index (χ2v) is 5.28. The molecule has 2 aromatic rings. The largest absolute Gasteiger partial charge is 0.300 e. The van der Waals surface area contributed by atoms with Crippen molar-refractivity contribution < 1.29 is 4.79 Å². The summed E-state index contributed by atoms with van der Waals surface area (Å²) in [6, 6.07) is 7.76. The van der Waals surface area contributed by atoms with E-state index in [9.17, 15) is 4.79 Å². The van der Waals surface area contributed by atoms with Crippen molar-refractivity contribution in [3.8, 4) is 11.4 Å². The van der Waals surface area contributed by atoms with Crippen molar-refractivity contribution in [3.63, 3.8) is 0 Å². The van der Waals surface area contributed by atoms with Gasteiger partial charge < -0.3 is 0 Å². The van der Waals surface area contributed by atoms with Crippen LogP contribution in [0.15, 0.2) is 30.5 Å². The first kappa shape index (κ1) is 12.9. The van der Waals surface area contributed by atoms with E-state index in [1.165, 1.54) is 0 Å². The van der Waals surface area contributed by atoms with Crippen molar-refractivity contribution in [1.29, 1.82) is 0 Å². The minimum absolute atomic E-state index is 0.301. The summed E-state index contributed by atoms with van der Waals surface area (Å²) in [5.41, 5.74) is 2.68. The van der Waals surface area contributed by atoms with Gasteiger partial charge in [0.15, 0.2) is 0 Å². The van der Waals surface area contributed by atoms with Crippen molar-refractivity contribution >= 4 is 5.78 Å². The van der Waals surface area contributed by atoms with E-state index in [0.717, 1.165) is 35.7 Å². The SMILES string of the molecule is Cc1cc(-c2ccccn2)nc(C2CCC(=O)CC2)n1. The van der Waals surface area contributed by atoms with Crippen LogP contribution in [0.4, 0.5) is 0 Å². The standard InChI is InChI=1S/C16H17N3O/c1-11-10-15(14-4-2-3-9-17-14)19-16(18-11)12-5-7-13(20)8-6-12/h2-4,9-10,12H,5-8H2,1H3. The second-order valence-electron chi connectivity index (χ2n) is 5.28. The van der Waals surface area contributed by atoms with E-state index >= 15 is 0 Å². The average Bonchev–Trinajstić information content (AvgIpc) is 2.48. The minimum Gasteiger partial charge on any atom is -0.300 e. The van der Waals surface area contributed by atoms with Crippen LogP contribution in [0.5, 0.6) is 0 Å². The molecule has 0 spiro atoms. The summed E-state index contributed by atoms with van der Waals surface area (Å²) in [6.45, 7) is 1.98. The van der Waals surface area contributed by atoms with Crippen molar-refractivity contribution in [3.05, 3.63) is 42.0 Å². The van der Waals surface area contributed by atoms with Crippen LogP contribution in [0.3, 0.4) is 0 Å². The van der Waals surface area contributed by atoms with E-state index in [0.29, 0.717) is 24.5 Å². The fraction of sp³-hybridized carbons (Fsp3) is 0.375. The number of hydrogen-bond acceptors (Lipinski definition) is 4. The molecule has 4 nitrogen and oxygen atoms in total. The fourth-order valence-corrected chi connectivity index (χ4v) is 2.62. The molecule has 3 rings (SSSR count). The minimum atomic E-state index is 0.301. The van der Waals surface area contributed by atoms with E-state index in [-0.39, 0.29) is 0 Å². The van der Waals surface area contributed by atoms with Gasteiger partial charge in [-0.15, -0.1) is 0 Å². The molecule has 0 N–H and O–H groups in total. The molecule has 1 saturated carbocycles. The van der Waals surface area contributed by atoms with Gasteiger partial charge in [0.1, 0.15) is 11.6 Å². The molecule has 0 aromatic carbocycles.